The Balaban J connectivity index is 1.75. The minimum absolute atomic E-state index is 0.423. The number of aromatic nitrogens is 1. The van der Waals surface area contributed by atoms with E-state index in [1.165, 1.54) is 32.1 Å². The molecule has 1 heterocycles. The van der Waals surface area contributed by atoms with Crippen molar-refractivity contribution in [1.29, 1.82) is 0 Å². The molecule has 0 aliphatic heterocycles. The highest BCUT2D eigenvalue weighted by Crippen LogP contribution is 2.21. The van der Waals surface area contributed by atoms with Crippen LogP contribution in [0.2, 0.25) is 0 Å². The number of nitrogens with zero attached hydrogens (tertiary/aromatic N) is 1. The van der Waals surface area contributed by atoms with Crippen molar-refractivity contribution in [3.63, 3.8) is 0 Å². The summed E-state index contributed by atoms with van der Waals surface area (Å²) >= 11 is 0. The maximum atomic E-state index is 5.81. The van der Waals surface area contributed by atoms with Gasteiger partial charge in [0.2, 0.25) is 0 Å². The quantitative estimate of drug-likeness (QED) is 0.833. The molecular formula is C12H20N2O2. The van der Waals surface area contributed by atoms with E-state index in [-0.39, 0.29) is 0 Å². The van der Waals surface area contributed by atoms with Gasteiger partial charge in [-0.2, -0.15) is 0 Å². The average molecular weight is 224 g/mol. The Labute approximate surface area is 96.3 Å². The molecule has 0 aromatic carbocycles. The van der Waals surface area contributed by atoms with E-state index >= 15 is 0 Å². The maximum absolute atomic E-state index is 5.81. The van der Waals surface area contributed by atoms with Gasteiger partial charge in [-0.15, -0.1) is 0 Å². The van der Waals surface area contributed by atoms with Crippen LogP contribution in [0.1, 0.15) is 43.6 Å². The molecule has 0 unspecified atom stereocenters. The van der Waals surface area contributed by atoms with Gasteiger partial charge in [0.05, 0.1) is 11.8 Å². The molecule has 2 rings (SSSR count). The van der Waals surface area contributed by atoms with E-state index in [9.17, 15) is 0 Å². The first kappa shape index (κ1) is 11.6. The highest BCUT2D eigenvalue weighted by molar-refractivity contribution is 5.04. The molecule has 1 N–H and O–H groups in total. The van der Waals surface area contributed by atoms with Crippen LogP contribution < -0.4 is 5.32 Å². The highest BCUT2D eigenvalue weighted by Gasteiger charge is 2.14. The molecule has 0 saturated heterocycles. The minimum atomic E-state index is 0.423. The molecule has 1 aromatic rings. The molecular weight excluding hydrogens is 204 g/mol. The third-order valence-electron chi connectivity index (χ3n) is 2.98. The van der Waals surface area contributed by atoms with Gasteiger partial charge in [0, 0.05) is 12.6 Å². The fraction of sp³-hybridized carbons (Fsp3) is 0.750. The summed E-state index contributed by atoms with van der Waals surface area (Å²) < 4.78 is 11.0. The Morgan fingerprint density at radius 2 is 2.25 bits per heavy atom. The summed E-state index contributed by atoms with van der Waals surface area (Å²) in [5, 5.41) is 6.99. The number of hydrogen-bond acceptors (Lipinski definition) is 4. The van der Waals surface area contributed by atoms with Gasteiger partial charge in [-0.25, -0.2) is 0 Å². The van der Waals surface area contributed by atoms with Gasteiger partial charge >= 0.3 is 0 Å². The topological polar surface area (TPSA) is 47.3 Å². The van der Waals surface area contributed by atoms with Crippen LogP contribution in [0, 0.1) is 0 Å². The summed E-state index contributed by atoms with van der Waals surface area (Å²) in [6.07, 6.45) is 6.76. The molecule has 4 nitrogen and oxygen atoms in total. The van der Waals surface area contributed by atoms with Crippen LogP contribution in [0.3, 0.4) is 0 Å². The van der Waals surface area contributed by atoms with Crippen LogP contribution >= 0.6 is 0 Å². The first-order valence-electron chi connectivity index (χ1n) is 6.09. The van der Waals surface area contributed by atoms with Crippen LogP contribution in [0.25, 0.3) is 0 Å². The molecule has 1 fully saturated rings. The van der Waals surface area contributed by atoms with Crippen LogP contribution in [0.15, 0.2) is 10.6 Å². The molecule has 1 aromatic heterocycles. The summed E-state index contributed by atoms with van der Waals surface area (Å²) in [4.78, 5) is 0. The predicted molar refractivity (Wildman–Crippen MR) is 60.9 cm³/mol. The maximum Gasteiger partial charge on any atom is 0.162 e. The first-order chi connectivity index (χ1) is 7.88. The standard InChI is InChI=1S/C12H20N2O2/c1-13-8-10-7-12(16-14-10)9-15-11-5-3-2-4-6-11/h7,11,13H,2-6,8-9H2,1H3. The minimum Gasteiger partial charge on any atom is -0.370 e. The van der Waals surface area contributed by atoms with Crippen LogP contribution in [-0.4, -0.2) is 18.3 Å². The second kappa shape index (κ2) is 6.01. The van der Waals surface area contributed by atoms with Crippen molar-refractivity contribution in [2.45, 2.75) is 51.4 Å². The van der Waals surface area contributed by atoms with Crippen molar-refractivity contribution in [1.82, 2.24) is 10.5 Å². The Morgan fingerprint density at radius 1 is 1.44 bits per heavy atom. The molecule has 0 spiro atoms. The molecule has 1 aliphatic carbocycles. The van der Waals surface area contributed by atoms with E-state index in [1.807, 2.05) is 13.1 Å². The molecule has 16 heavy (non-hydrogen) atoms. The number of nitrogens with one attached hydrogen (secondary N) is 1. The molecule has 0 amide bonds. The van der Waals surface area contributed by atoms with Crippen molar-refractivity contribution in [2.24, 2.45) is 0 Å². The zero-order chi connectivity index (χ0) is 11.2. The molecule has 0 bridgehead atoms. The predicted octanol–water partition coefficient (Wildman–Crippen LogP) is 2.24. The Kier molecular flexibility index (Phi) is 4.36. The highest BCUT2D eigenvalue weighted by atomic mass is 16.5. The summed E-state index contributed by atoms with van der Waals surface area (Å²) in [6, 6.07) is 1.96. The van der Waals surface area contributed by atoms with Gasteiger partial charge in [-0.3, -0.25) is 0 Å². The van der Waals surface area contributed by atoms with Crippen molar-refractivity contribution in [3.05, 3.63) is 17.5 Å². The summed E-state index contributed by atoms with van der Waals surface area (Å²) in [5.41, 5.74) is 0.935. The van der Waals surface area contributed by atoms with Crippen LogP contribution in [-0.2, 0) is 17.9 Å². The van der Waals surface area contributed by atoms with E-state index in [2.05, 4.69) is 10.5 Å². The monoisotopic (exact) mass is 224 g/mol. The van der Waals surface area contributed by atoms with Gasteiger partial charge in [0.1, 0.15) is 6.61 Å². The number of ether oxygens (including phenoxy) is 1. The van der Waals surface area contributed by atoms with Crippen LogP contribution in [0.4, 0.5) is 0 Å². The lowest BCUT2D eigenvalue weighted by Gasteiger charge is -2.21. The van der Waals surface area contributed by atoms with E-state index in [0.717, 1.165) is 18.0 Å². The van der Waals surface area contributed by atoms with Gasteiger partial charge in [0.15, 0.2) is 5.76 Å². The largest absolute Gasteiger partial charge is 0.370 e. The second-order valence-electron chi connectivity index (χ2n) is 4.39. The molecule has 1 aliphatic rings. The Hall–Kier alpha value is -0.870. The van der Waals surface area contributed by atoms with Crippen molar-refractivity contribution in [3.8, 4) is 0 Å². The lowest BCUT2D eigenvalue weighted by atomic mass is 9.98. The van der Waals surface area contributed by atoms with E-state index in [4.69, 9.17) is 9.26 Å². The SMILES string of the molecule is CNCc1cc(COC2CCCCC2)on1. The molecule has 1 saturated carbocycles. The van der Waals surface area contributed by atoms with E-state index in [1.54, 1.807) is 0 Å². The Bertz CT molecular complexity index is 306. The zero-order valence-corrected chi connectivity index (χ0v) is 9.87. The molecule has 90 valence electrons. The van der Waals surface area contributed by atoms with Gasteiger partial charge in [0.25, 0.3) is 0 Å². The molecule has 4 heteroatoms. The first-order valence-corrected chi connectivity index (χ1v) is 6.09. The summed E-state index contributed by atoms with van der Waals surface area (Å²) in [6.45, 7) is 1.30. The lowest BCUT2D eigenvalue weighted by Crippen LogP contribution is -2.16. The average Bonchev–Trinajstić information content (AvgIpc) is 2.76. The fourth-order valence-electron chi connectivity index (χ4n) is 2.12. The Morgan fingerprint density at radius 3 is 3.00 bits per heavy atom. The zero-order valence-electron chi connectivity index (χ0n) is 9.87. The summed E-state index contributed by atoms with van der Waals surface area (Å²) in [7, 11) is 1.90. The smallest absolute Gasteiger partial charge is 0.162 e. The van der Waals surface area contributed by atoms with Gasteiger partial charge in [-0.1, -0.05) is 24.4 Å². The normalized spacial score (nSPS) is 17.8. The number of rotatable bonds is 5. The third-order valence-corrected chi connectivity index (χ3v) is 2.98. The van der Waals surface area contributed by atoms with Crippen molar-refractivity contribution in [2.75, 3.05) is 7.05 Å². The van der Waals surface area contributed by atoms with Crippen molar-refractivity contribution >= 4 is 0 Å². The van der Waals surface area contributed by atoms with E-state index < -0.39 is 0 Å². The van der Waals surface area contributed by atoms with Crippen LogP contribution in [0.5, 0.6) is 0 Å². The number of hydrogen-bond donors (Lipinski definition) is 1. The third kappa shape index (κ3) is 3.32. The van der Waals surface area contributed by atoms with E-state index in [0.29, 0.717) is 12.7 Å². The van der Waals surface area contributed by atoms with Gasteiger partial charge in [-0.05, 0) is 19.9 Å². The fourth-order valence-corrected chi connectivity index (χ4v) is 2.12. The van der Waals surface area contributed by atoms with Crippen molar-refractivity contribution < 1.29 is 9.26 Å². The van der Waals surface area contributed by atoms with Gasteiger partial charge < -0.3 is 14.6 Å². The molecule has 0 atom stereocenters. The lowest BCUT2D eigenvalue weighted by molar-refractivity contribution is 0.00667. The molecule has 0 radical (unpaired) electrons. The second-order valence-corrected chi connectivity index (χ2v) is 4.39. The summed E-state index contributed by atoms with van der Waals surface area (Å²) in [5.74, 6) is 0.829.